The Morgan fingerprint density at radius 2 is 2.18 bits per heavy atom. The average Bonchev–Trinajstić information content (AvgIpc) is 2.67. The van der Waals surface area contributed by atoms with Crippen molar-refractivity contribution < 1.29 is 14.3 Å². The SMILES string of the molecule is CCOC1(C(=O)Nc2ccc(OCC(C)C)c3ncccc23)CCCC(C)C1. The van der Waals surface area contributed by atoms with Gasteiger partial charge in [-0.1, -0.05) is 27.2 Å². The predicted molar refractivity (Wildman–Crippen MR) is 113 cm³/mol. The summed E-state index contributed by atoms with van der Waals surface area (Å²) in [5.41, 5.74) is 0.777. The Bertz CT molecular complexity index is 817. The second kappa shape index (κ2) is 8.91. The number of benzene rings is 1. The summed E-state index contributed by atoms with van der Waals surface area (Å²) in [5.74, 6) is 1.60. The molecule has 2 unspecified atom stereocenters. The standard InChI is InChI=1S/C23H32N2O3/c1-5-28-23(12-6-8-17(4)14-23)22(26)25-19-10-11-20(27-15-16(2)3)21-18(19)9-7-13-24-21/h7,9-11,13,16-17H,5-6,8,12,14-15H2,1-4H3,(H,25,26). The van der Waals surface area contributed by atoms with Crippen molar-refractivity contribution in [3.8, 4) is 5.75 Å². The zero-order chi connectivity index (χ0) is 20.1. The van der Waals surface area contributed by atoms with E-state index >= 15 is 0 Å². The molecule has 1 aromatic carbocycles. The summed E-state index contributed by atoms with van der Waals surface area (Å²) in [4.78, 5) is 17.8. The Hall–Kier alpha value is -2.14. The number of aromatic nitrogens is 1. The number of nitrogens with one attached hydrogen (secondary N) is 1. The van der Waals surface area contributed by atoms with E-state index in [1.807, 2.05) is 31.2 Å². The number of carbonyl (C=O) groups excluding carboxylic acids is 1. The first-order valence-corrected chi connectivity index (χ1v) is 10.4. The minimum absolute atomic E-state index is 0.0538. The van der Waals surface area contributed by atoms with E-state index in [0.717, 1.165) is 48.0 Å². The van der Waals surface area contributed by atoms with Crippen LogP contribution < -0.4 is 10.1 Å². The molecule has 5 heteroatoms. The highest BCUT2D eigenvalue weighted by Crippen LogP contribution is 2.37. The lowest BCUT2D eigenvalue weighted by Crippen LogP contribution is -2.48. The van der Waals surface area contributed by atoms with Crippen molar-refractivity contribution in [2.24, 2.45) is 11.8 Å². The quantitative estimate of drug-likeness (QED) is 0.713. The lowest BCUT2D eigenvalue weighted by atomic mass is 9.78. The number of nitrogens with zero attached hydrogens (tertiary/aromatic N) is 1. The number of pyridine rings is 1. The third-order valence-corrected chi connectivity index (χ3v) is 5.34. The van der Waals surface area contributed by atoms with E-state index in [9.17, 15) is 4.79 Å². The van der Waals surface area contributed by atoms with E-state index in [1.165, 1.54) is 0 Å². The third kappa shape index (κ3) is 4.46. The van der Waals surface area contributed by atoms with Crippen LogP contribution in [0.5, 0.6) is 5.75 Å². The third-order valence-electron chi connectivity index (χ3n) is 5.34. The van der Waals surface area contributed by atoms with Gasteiger partial charge in [0.25, 0.3) is 5.91 Å². The van der Waals surface area contributed by atoms with Crippen molar-refractivity contribution in [2.75, 3.05) is 18.5 Å². The molecule has 2 atom stereocenters. The molecular formula is C23H32N2O3. The minimum Gasteiger partial charge on any atom is -0.491 e. The van der Waals surface area contributed by atoms with E-state index in [-0.39, 0.29) is 5.91 Å². The molecule has 1 aliphatic carbocycles. The van der Waals surface area contributed by atoms with Crippen molar-refractivity contribution in [2.45, 2.75) is 59.0 Å². The molecule has 1 saturated carbocycles. The molecule has 1 heterocycles. The molecule has 1 amide bonds. The number of hydrogen-bond acceptors (Lipinski definition) is 4. The Morgan fingerprint density at radius 1 is 1.36 bits per heavy atom. The van der Waals surface area contributed by atoms with Gasteiger partial charge in [0.05, 0.1) is 12.3 Å². The summed E-state index contributed by atoms with van der Waals surface area (Å²) in [5, 5.41) is 4.02. The normalized spacial score (nSPS) is 22.4. The highest BCUT2D eigenvalue weighted by molar-refractivity contribution is 6.05. The number of fused-ring (bicyclic) bond motifs is 1. The van der Waals surface area contributed by atoms with Gasteiger partial charge >= 0.3 is 0 Å². The van der Waals surface area contributed by atoms with Crippen LogP contribution in [0.2, 0.25) is 0 Å². The zero-order valence-electron chi connectivity index (χ0n) is 17.5. The summed E-state index contributed by atoms with van der Waals surface area (Å²) < 4.78 is 12.0. The summed E-state index contributed by atoms with van der Waals surface area (Å²) in [6.07, 6.45) is 5.44. The van der Waals surface area contributed by atoms with Gasteiger partial charge in [0.15, 0.2) is 0 Å². The van der Waals surface area contributed by atoms with E-state index in [2.05, 4.69) is 31.1 Å². The monoisotopic (exact) mass is 384 g/mol. The fourth-order valence-electron chi connectivity index (χ4n) is 4.05. The molecule has 152 valence electrons. The van der Waals surface area contributed by atoms with Crippen LogP contribution in [0.15, 0.2) is 30.5 Å². The number of ether oxygens (including phenoxy) is 2. The van der Waals surface area contributed by atoms with Crippen LogP contribution in [-0.2, 0) is 9.53 Å². The first-order chi connectivity index (χ1) is 13.4. The second-order valence-corrected chi connectivity index (χ2v) is 8.30. The molecule has 3 rings (SSSR count). The molecule has 2 aromatic rings. The van der Waals surface area contributed by atoms with Gasteiger partial charge in [-0.25, -0.2) is 0 Å². The van der Waals surface area contributed by atoms with Crippen LogP contribution in [0.4, 0.5) is 5.69 Å². The molecule has 28 heavy (non-hydrogen) atoms. The summed E-state index contributed by atoms with van der Waals surface area (Å²) in [7, 11) is 0. The topological polar surface area (TPSA) is 60.5 Å². The van der Waals surface area contributed by atoms with Gasteiger partial charge in [-0.2, -0.15) is 0 Å². The van der Waals surface area contributed by atoms with E-state index < -0.39 is 5.60 Å². The van der Waals surface area contributed by atoms with Crippen LogP contribution in [0.25, 0.3) is 10.9 Å². The molecule has 5 nitrogen and oxygen atoms in total. The van der Waals surface area contributed by atoms with Gasteiger partial charge < -0.3 is 14.8 Å². The van der Waals surface area contributed by atoms with Gasteiger partial charge in [0.1, 0.15) is 16.9 Å². The molecule has 1 aromatic heterocycles. The summed E-state index contributed by atoms with van der Waals surface area (Å²) in [6, 6.07) is 7.65. The van der Waals surface area contributed by atoms with E-state index in [0.29, 0.717) is 25.0 Å². The molecule has 1 fully saturated rings. The first-order valence-electron chi connectivity index (χ1n) is 10.4. The maximum Gasteiger partial charge on any atom is 0.256 e. The highest BCUT2D eigenvalue weighted by Gasteiger charge is 2.42. The Balaban J connectivity index is 1.89. The number of rotatable bonds is 7. The molecule has 1 N–H and O–H groups in total. The molecule has 1 aliphatic rings. The Labute approximate surface area is 167 Å². The van der Waals surface area contributed by atoms with Gasteiger partial charge in [-0.3, -0.25) is 9.78 Å². The van der Waals surface area contributed by atoms with Crippen LogP contribution in [-0.4, -0.2) is 29.7 Å². The van der Waals surface area contributed by atoms with Gasteiger partial charge in [0.2, 0.25) is 0 Å². The Kier molecular flexibility index (Phi) is 6.55. The molecule has 0 radical (unpaired) electrons. The summed E-state index contributed by atoms with van der Waals surface area (Å²) >= 11 is 0. The van der Waals surface area contributed by atoms with Crippen LogP contribution >= 0.6 is 0 Å². The second-order valence-electron chi connectivity index (χ2n) is 8.30. The van der Waals surface area contributed by atoms with Gasteiger partial charge in [-0.15, -0.1) is 0 Å². The maximum absolute atomic E-state index is 13.3. The average molecular weight is 385 g/mol. The largest absolute Gasteiger partial charge is 0.491 e. The molecule has 0 saturated heterocycles. The van der Waals surface area contributed by atoms with Crippen LogP contribution in [0, 0.1) is 11.8 Å². The molecular weight excluding hydrogens is 352 g/mol. The fourth-order valence-corrected chi connectivity index (χ4v) is 4.05. The van der Waals surface area contributed by atoms with Crippen LogP contribution in [0.3, 0.4) is 0 Å². The Morgan fingerprint density at radius 3 is 2.89 bits per heavy atom. The van der Waals surface area contributed by atoms with Crippen molar-refractivity contribution in [1.82, 2.24) is 4.98 Å². The predicted octanol–water partition coefficient (Wildman–Crippen LogP) is 5.19. The lowest BCUT2D eigenvalue weighted by molar-refractivity contribution is -0.147. The number of amides is 1. The molecule has 0 aliphatic heterocycles. The van der Waals surface area contributed by atoms with Crippen molar-refractivity contribution in [3.63, 3.8) is 0 Å². The molecule has 0 spiro atoms. The number of hydrogen-bond donors (Lipinski definition) is 1. The van der Waals surface area contributed by atoms with Gasteiger partial charge in [0, 0.05) is 18.2 Å². The van der Waals surface area contributed by atoms with Crippen LogP contribution in [0.1, 0.15) is 53.4 Å². The zero-order valence-corrected chi connectivity index (χ0v) is 17.5. The first kappa shape index (κ1) is 20.6. The number of anilines is 1. The summed E-state index contributed by atoms with van der Waals surface area (Å²) in [6.45, 7) is 9.53. The maximum atomic E-state index is 13.3. The van der Waals surface area contributed by atoms with E-state index in [1.54, 1.807) is 6.20 Å². The molecule has 0 bridgehead atoms. The van der Waals surface area contributed by atoms with Crippen molar-refractivity contribution in [3.05, 3.63) is 30.5 Å². The van der Waals surface area contributed by atoms with Gasteiger partial charge in [-0.05, 0) is 62.3 Å². The minimum atomic E-state index is -0.742. The smallest absolute Gasteiger partial charge is 0.256 e. The fraction of sp³-hybridized carbons (Fsp3) is 0.565. The number of carbonyl (C=O) groups is 1. The van der Waals surface area contributed by atoms with Crippen molar-refractivity contribution >= 4 is 22.5 Å². The van der Waals surface area contributed by atoms with E-state index in [4.69, 9.17) is 9.47 Å². The van der Waals surface area contributed by atoms with Crippen molar-refractivity contribution in [1.29, 1.82) is 0 Å². The highest BCUT2D eigenvalue weighted by atomic mass is 16.5. The lowest BCUT2D eigenvalue weighted by Gasteiger charge is -2.38.